The van der Waals surface area contributed by atoms with E-state index in [1.54, 1.807) is 4.68 Å². The van der Waals surface area contributed by atoms with E-state index in [4.69, 9.17) is 5.11 Å². The van der Waals surface area contributed by atoms with Gasteiger partial charge in [0.2, 0.25) is 0 Å². The van der Waals surface area contributed by atoms with Gasteiger partial charge in [0.1, 0.15) is 5.52 Å². The Bertz CT molecular complexity index is 495. The van der Waals surface area contributed by atoms with Gasteiger partial charge in [-0.05, 0) is 31.5 Å². The van der Waals surface area contributed by atoms with Gasteiger partial charge in [-0.25, -0.2) is 4.68 Å². The van der Waals surface area contributed by atoms with Crippen LogP contribution in [-0.2, 0) is 0 Å². The molecule has 0 aliphatic rings. The third kappa shape index (κ3) is 1.77. The van der Waals surface area contributed by atoms with Crippen molar-refractivity contribution in [3.05, 3.63) is 22.2 Å². The van der Waals surface area contributed by atoms with Crippen molar-refractivity contribution in [2.24, 2.45) is 0 Å². The molecule has 1 atom stereocenters. The van der Waals surface area contributed by atoms with Crippen molar-refractivity contribution in [3.8, 4) is 0 Å². The van der Waals surface area contributed by atoms with Gasteiger partial charge in [0, 0.05) is 4.47 Å². The molecule has 1 aromatic carbocycles. The maximum Gasteiger partial charge on any atom is 0.113 e. The summed E-state index contributed by atoms with van der Waals surface area (Å²) in [7, 11) is 0. The fourth-order valence-electron chi connectivity index (χ4n) is 1.47. The molecule has 1 unspecified atom stereocenters. The molecule has 4 nitrogen and oxygen atoms in total. The van der Waals surface area contributed by atoms with Crippen LogP contribution in [0.3, 0.4) is 0 Å². The van der Waals surface area contributed by atoms with Crippen molar-refractivity contribution in [2.75, 3.05) is 6.61 Å². The summed E-state index contributed by atoms with van der Waals surface area (Å²) in [6, 6.07) is 3.91. The molecule has 1 N–H and O–H groups in total. The summed E-state index contributed by atoms with van der Waals surface area (Å²) in [4.78, 5) is 0. The van der Waals surface area contributed by atoms with Crippen LogP contribution in [0.25, 0.3) is 11.0 Å². The smallest absolute Gasteiger partial charge is 0.113 e. The standard InChI is InChI=1S/C10H12BrN3O/c1-6-3-9-10(4-8(6)11)14(13-12-9)7(2)5-15/h3-4,7,15H,5H2,1-2H3. The molecule has 0 spiro atoms. The van der Waals surface area contributed by atoms with Gasteiger partial charge in [-0.15, -0.1) is 5.10 Å². The van der Waals surface area contributed by atoms with E-state index < -0.39 is 0 Å². The topological polar surface area (TPSA) is 50.9 Å². The summed E-state index contributed by atoms with van der Waals surface area (Å²) in [5.74, 6) is 0. The monoisotopic (exact) mass is 269 g/mol. The van der Waals surface area contributed by atoms with Gasteiger partial charge in [0.25, 0.3) is 0 Å². The summed E-state index contributed by atoms with van der Waals surface area (Å²) >= 11 is 3.47. The molecule has 1 heterocycles. The number of rotatable bonds is 2. The predicted molar refractivity (Wildman–Crippen MR) is 61.8 cm³/mol. The number of aliphatic hydroxyl groups excluding tert-OH is 1. The van der Waals surface area contributed by atoms with E-state index in [9.17, 15) is 0 Å². The first kappa shape index (κ1) is 10.6. The minimum Gasteiger partial charge on any atom is -0.394 e. The molecule has 0 saturated heterocycles. The predicted octanol–water partition coefficient (Wildman–Crippen LogP) is 2.06. The van der Waals surface area contributed by atoms with Crippen LogP contribution in [0.4, 0.5) is 0 Å². The fourth-order valence-corrected chi connectivity index (χ4v) is 1.80. The van der Waals surface area contributed by atoms with Crippen molar-refractivity contribution in [2.45, 2.75) is 19.9 Å². The Morgan fingerprint density at radius 2 is 2.27 bits per heavy atom. The Kier molecular flexibility index (Phi) is 2.75. The van der Waals surface area contributed by atoms with Crippen molar-refractivity contribution < 1.29 is 5.11 Å². The molecule has 2 aromatic rings. The van der Waals surface area contributed by atoms with Crippen LogP contribution in [0, 0.1) is 6.92 Å². The van der Waals surface area contributed by atoms with Gasteiger partial charge in [-0.2, -0.15) is 0 Å². The molecule has 15 heavy (non-hydrogen) atoms. The minimum absolute atomic E-state index is 0.0513. The van der Waals surface area contributed by atoms with Gasteiger partial charge in [-0.1, -0.05) is 21.1 Å². The zero-order chi connectivity index (χ0) is 11.0. The van der Waals surface area contributed by atoms with Crippen LogP contribution in [0.2, 0.25) is 0 Å². The van der Waals surface area contributed by atoms with Crippen LogP contribution in [0.5, 0.6) is 0 Å². The van der Waals surface area contributed by atoms with Crippen molar-refractivity contribution >= 4 is 27.0 Å². The summed E-state index contributed by atoms with van der Waals surface area (Å²) < 4.78 is 2.77. The minimum atomic E-state index is -0.0513. The summed E-state index contributed by atoms with van der Waals surface area (Å²) in [6.07, 6.45) is 0. The molecule has 0 radical (unpaired) electrons. The van der Waals surface area contributed by atoms with Crippen LogP contribution >= 0.6 is 15.9 Å². The number of aliphatic hydroxyl groups is 1. The second-order valence-corrected chi connectivity index (χ2v) is 4.51. The van der Waals surface area contributed by atoms with Gasteiger partial charge in [0.15, 0.2) is 0 Å². The Labute approximate surface area is 96.0 Å². The van der Waals surface area contributed by atoms with Crippen molar-refractivity contribution in [1.29, 1.82) is 0 Å². The fraction of sp³-hybridized carbons (Fsp3) is 0.400. The third-order valence-electron chi connectivity index (χ3n) is 2.43. The normalized spacial score (nSPS) is 13.3. The molecular weight excluding hydrogens is 258 g/mol. The van der Waals surface area contributed by atoms with Gasteiger partial charge >= 0.3 is 0 Å². The molecule has 2 rings (SSSR count). The zero-order valence-electron chi connectivity index (χ0n) is 8.61. The number of hydrogen-bond acceptors (Lipinski definition) is 3. The summed E-state index contributed by atoms with van der Waals surface area (Å²) in [6.45, 7) is 3.98. The molecular formula is C10H12BrN3O. The molecule has 80 valence electrons. The van der Waals surface area contributed by atoms with E-state index >= 15 is 0 Å². The highest BCUT2D eigenvalue weighted by molar-refractivity contribution is 9.10. The van der Waals surface area contributed by atoms with Crippen molar-refractivity contribution in [3.63, 3.8) is 0 Å². The van der Waals surface area contributed by atoms with E-state index in [1.165, 1.54) is 0 Å². The van der Waals surface area contributed by atoms with Gasteiger partial charge in [-0.3, -0.25) is 0 Å². The van der Waals surface area contributed by atoms with Crippen LogP contribution in [0.1, 0.15) is 18.5 Å². The second-order valence-electron chi connectivity index (χ2n) is 3.66. The lowest BCUT2D eigenvalue weighted by molar-refractivity contribution is 0.231. The molecule has 0 saturated carbocycles. The number of nitrogens with zero attached hydrogens (tertiary/aromatic N) is 3. The Morgan fingerprint density at radius 1 is 1.53 bits per heavy atom. The van der Waals surface area contributed by atoms with Crippen LogP contribution in [-0.4, -0.2) is 26.7 Å². The number of benzene rings is 1. The molecule has 0 aliphatic carbocycles. The molecule has 0 amide bonds. The zero-order valence-corrected chi connectivity index (χ0v) is 10.2. The number of aryl methyl sites for hydroxylation is 1. The number of halogens is 1. The van der Waals surface area contributed by atoms with Crippen LogP contribution < -0.4 is 0 Å². The van der Waals surface area contributed by atoms with E-state index in [-0.39, 0.29) is 12.6 Å². The van der Waals surface area contributed by atoms with E-state index in [2.05, 4.69) is 26.2 Å². The quantitative estimate of drug-likeness (QED) is 0.908. The van der Waals surface area contributed by atoms with Gasteiger partial charge in [0.05, 0.1) is 18.2 Å². The van der Waals surface area contributed by atoms with Crippen molar-refractivity contribution in [1.82, 2.24) is 15.0 Å². The Hall–Kier alpha value is -0.940. The largest absolute Gasteiger partial charge is 0.394 e. The number of aromatic nitrogens is 3. The third-order valence-corrected chi connectivity index (χ3v) is 3.29. The highest BCUT2D eigenvalue weighted by Gasteiger charge is 2.11. The number of hydrogen-bond donors (Lipinski definition) is 1. The Morgan fingerprint density at radius 3 is 2.93 bits per heavy atom. The first-order valence-electron chi connectivity index (χ1n) is 4.75. The van der Waals surface area contributed by atoms with E-state index in [0.29, 0.717) is 0 Å². The average molecular weight is 270 g/mol. The van der Waals surface area contributed by atoms with Crippen LogP contribution in [0.15, 0.2) is 16.6 Å². The lowest BCUT2D eigenvalue weighted by atomic mass is 10.2. The lowest BCUT2D eigenvalue weighted by Gasteiger charge is -2.08. The molecule has 0 bridgehead atoms. The van der Waals surface area contributed by atoms with Gasteiger partial charge < -0.3 is 5.11 Å². The number of fused-ring (bicyclic) bond motifs is 1. The summed E-state index contributed by atoms with van der Waals surface area (Å²) in [5, 5.41) is 17.2. The first-order chi connectivity index (χ1) is 7.13. The maximum absolute atomic E-state index is 9.09. The lowest BCUT2D eigenvalue weighted by Crippen LogP contribution is -2.10. The molecule has 5 heteroatoms. The highest BCUT2D eigenvalue weighted by Crippen LogP contribution is 2.23. The van der Waals surface area contributed by atoms with E-state index in [1.807, 2.05) is 26.0 Å². The first-order valence-corrected chi connectivity index (χ1v) is 5.54. The summed E-state index contributed by atoms with van der Waals surface area (Å²) in [5.41, 5.74) is 2.93. The molecule has 0 fully saturated rings. The highest BCUT2D eigenvalue weighted by atomic mass is 79.9. The maximum atomic E-state index is 9.09. The average Bonchev–Trinajstić information content (AvgIpc) is 2.61. The molecule has 1 aromatic heterocycles. The second kappa shape index (κ2) is 3.90. The molecule has 0 aliphatic heterocycles. The van der Waals surface area contributed by atoms with E-state index in [0.717, 1.165) is 21.1 Å². The Balaban J connectivity index is 2.64. The SMILES string of the molecule is Cc1cc2nnn(C(C)CO)c2cc1Br.